The molecule has 0 aliphatic rings. The van der Waals surface area contributed by atoms with Crippen LogP contribution in [-0.2, 0) is 13.1 Å². The first-order chi connectivity index (χ1) is 10.5. The molecular weight excluding hydrogens is 280 g/mol. The quantitative estimate of drug-likeness (QED) is 0.656. The van der Waals surface area contributed by atoms with Gasteiger partial charge in [-0.1, -0.05) is 0 Å². The van der Waals surface area contributed by atoms with E-state index in [0.717, 1.165) is 41.0 Å². The molecule has 0 spiro atoms. The zero-order valence-electron chi connectivity index (χ0n) is 13.9. The minimum absolute atomic E-state index is 0.504. The molecule has 6 heteroatoms. The molecular formula is C16H24N4O2. The minimum Gasteiger partial charge on any atom is -0.466 e. The van der Waals surface area contributed by atoms with Crippen molar-refractivity contribution in [3.63, 3.8) is 0 Å². The molecule has 0 aliphatic heterocycles. The molecule has 0 fully saturated rings. The summed E-state index contributed by atoms with van der Waals surface area (Å²) in [6.45, 7) is 11.6. The molecule has 22 heavy (non-hydrogen) atoms. The second-order valence-corrected chi connectivity index (χ2v) is 5.24. The van der Waals surface area contributed by atoms with Gasteiger partial charge in [0.05, 0.1) is 18.8 Å². The maximum atomic E-state index is 5.56. The summed E-state index contributed by atoms with van der Waals surface area (Å²) in [6, 6.07) is 2.02. The van der Waals surface area contributed by atoms with Crippen LogP contribution >= 0.6 is 0 Å². The van der Waals surface area contributed by atoms with Gasteiger partial charge >= 0.3 is 0 Å². The summed E-state index contributed by atoms with van der Waals surface area (Å²) in [5.74, 6) is 4.07. The van der Waals surface area contributed by atoms with Gasteiger partial charge in [0.25, 0.3) is 0 Å². The molecule has 0 saturated carbocycles. The molecule has 0 amide bonds. The highest BCUT2D eigenvalue weighted by atomic mass is 16.4. The molecule has 2 N–H and O–H groups in total. The molecule has 2 aromatic heterocycles. The summed E-state index contributed by atoms with van der Waals surface area (Å²) in [4.78, 5) is 8.92. The highest BCUT2D eigenvalue weighted by molar-refractivity contribution is 5.79. The van der Waals surface area contributed by atoms with E-state index in [2.05, 4.69) is 20.6 Å². The van der Waals surface area contributed by atoms with Crippen molar-refractivity contribution in [3.05, 3.63) is 40.5 Å². The standard InChI is InChI=1S/C16H24N4O2/c1-6-17-16(18-8-14-7-10(2)21-13(14)5)19-9-15-20-11(3)12(4)22-15/h7H,6,8-9H2,1-5H3,(H2,17,18,19). The Morgan fingerprint density at radius 2 is 1.91 bits per heavy atom. The summed E-state index contributed by atoms with van der Waals surface area (Å²) in [5, 5.41) is 6.44. The Bertz CT molecular complexity index is 636. The molecule has 2 rings (SSSR count). The molecule has 0 radical (unpaired) electrons. The van der Waals surface area contributed by atoms with E-state index in [4.69, 9.17) is 8.83 Å². The summed E-state index contributed by atoms with van der Waals surface area (Å²) in [7, 11) is 0. The number of hydrogen-bond donors (Lipinski definition) is 2. The third kappa shape index (κ3) is 4.13. The van der Waals surface area contributed by atoms with E-state index in [1.165, 1.54) is 0 Å². The van der Waals surface area contributed by atoms with E-state index in [1.54, 1.807) is 0 Å². The predicted molar refractivity (Wildman–Crippen MR) is 85.8 cm³/mol. The average Bonchev–Trinajstić information content (AvgIpc) is 2.95. The van der Waals surface area contributed by atoms with Gasteiger partial charge in [0.2, 0.25) is 5.89 Å². The zero-order valence-corrected chi connectivity index (χ0v) is 13.9. The molecule has 0 atom stereocenters. The predicted octanol–water partition coefficient (Wildman–Crippen LogP) is 2.76. The lowest BCUT2D eigenvalue weighted by molar-refractivity contribution is 0.463. The Hall–Kier alpha value is -2.24. The van der Waals surface area contributed by atoms with E-state index >= 15 is 0 Å². The Morgan fingerprint density at radius 1 is 1.14 bits per heavy atom. The van der Waals surface area contributed by atoms with Gasteiger partial charge in [-0.05, 0) is 40.7 Å². The van der Waals surface area contributed by atoms with Crippen molar-refractivity contribution in [1.29, 1.82) is 0 Å². The van der Waals surface area contributed by atoms with Crippen molar-refractivity contribution in [3.8, 4) is 0 Å². The van der Waals surface area contributed by atoms with Crippen LogP contribution in [0.15, 0.2) is 19.9 Å². The molecule has 2 aromatic rings. The lowest BCUT2D eigenvalue weighted by atomic mass is 10.2. The summed E-state index contributed by atoms with van der Waals surface area (Å²) < 4.78 is 11.1. The van der Waals surface area contributed by atoms with Crippen molar-refractivity contribution >= 4 is 5.96 Å². The highest BCUT2D eigenvalue weighted by Crippen LogP contribution is 2.14. The smallest absolute Gasteiger partial charge is 0.214 e. The molecule has 0 bridgehead atoms. The molecule has 0 saturated heterocycles. The number of rotatable bonds is 5. The number of aromatic nitrogens is 1. The third-order valence-corrected chi connectivity index (χ3v) is 3.38. The van der Waals surface area contributed by atoms with Gasteiger partial charge in [0.15, 0.2) is 5.96 Å². The number of aryl methyl sites for hydroxylation is 4. The number of hydrogen-bond acceptors (Lipinski definition) is 4. The second-order valence-electron chi connectivity index (χ2n) is 5.24. The van der Waals surface area contributed by atoms with Crippen LogP contribution in [0.1, 0.15) is 41.4 Å². The third-order valence-electron chi connectivity index (χ3n) is 3.38. The van der Waals surface area contributed by atoms with Gasteiger partial charge in [0, 0.05) is 12.1 Å². The first-order valence-electron chi connectivity index (χ1n) is 7.50. The second kappa shape index (κ2) is 7.15. The zero-order chi connectivity index (χ0) is 16.1. The Kier molecular flexibility index (Phi) is 5.25. The normalized spacial score (nSPS) is 11.8. The van der Waals surface area contributed by atoms with Gasteiger partial charge < -0.3 is 19.5 Å². The van der Waals surface area contributed by atoms with Crippen molar-refractivity contribution < 1.29 is 8.83 Å². The Morgan fingerprint density at radius 3 is 2.45 bits per heavy atom. The van der Waals surface area contributed by atoms with Crippen LogP contribution in [0, 0.1) is 27.7 Å². The number of nitrogens with zero attached hydrogens (tertiary/aromatic N) is 2. The maximum absolute atomic E-state index is 5.56. The molecule has 2 heterocycles. The Labute approximate surface area is 131 Å². The minimum atomic E-state index is 0.504. The first kappa shape index (κ1) is 16.1. The summed E-state index contributed by atoms with van der Waals surface area (Å²) >= 11 is 0. The fourth-order valence-electron chi connectivity index (χ4n) is 2.12. The van der Waals surface area contributed by atoms with E-state index in [9.17, 15) is 0 Å². The number of guanidine groups is 1. The van der Waals surface area contributed by atoms with E-state index in [-0.39, 0.29) is 0 Å². The first-order valence-corrected chi connectivity index (χ1v) is 7.50. The van der Waals surface area contributed by atoms with Gasteiger partial charge in [0.1, 0.15) is 17.3 Å². The number of oxazole rings is 1. The van der Waals surface area contributed by atoms with Crippen LogP contribution < -0.4 is 10.6 Å². The topological polar surface area (TPSA) is 75.6 Å². The maximum Gasteiger partial charge on any atom is 0.214 e. The fourth-order valence-corrected chi connectivity index (χ4v) is 2.12. The van der Waals surface area contributed by atoms with Crippen molar-refractivity contribution in [2.45, 2.75) is 47.7 Å². The molecule has 0 aliphatic carbocycles. The highest BCUT2D eigenvalue weighted by Gasteiger charge is 2.07. The molecule has 0 unspecified atom stereocenters. The average molecular weight is 304 g/mol. The van der Waals surface area contributed by atoms with Crippen LogP contribution in [0.25, 0.3) is 0 Å². The van der Waals surface area contributed by atoms with Crippen LogP contribution in [0.4, 0.5) is 0 Å². The number of furan rings is 1. The lowest BCUT2D eigenvalue weighted by Gasteiger charge is -2.09. The van der Waals surface area contributed by atoms with Crippen molar-refractivity contribution in [2.75, 3.05) is 6.54 Å². The monoisotopic (exact) mass is 304 g/mol. The molecule has 0 aromatic carbocycles. The molecule has 120 valence electrons. The molecule has 6 nitrogen and oxygen atoms in total. The van der Waals surface area contributed by atoms with E-state index < -0.39 is 0 Å². The largest absolute Gasteiger partial charge is 0.466 e. The van der Waals surface area contributed by atoms with Gasteiger partial charge in [-0.25, -0.2) is 9.98 Å². The van der Waals surface area contributed by atoms with Gasteiger partial charge in [-0.3, -0.25) is 0 Å². The number of aliphatic imine (C=N–C) groups is 1. The fraction of sp³-hybridized carbons (Fsp3) is 0.500. The summed E-state index contributed by atoms with van der Waals surface area (Å²) in [5.41, 5.74) is 2.01. The van der Waals surface area contributed by atoms with Gasteiger partial charge in [-0.2, -0.15) is 0 Å². The van der Waals surface area contributed by atoms with E-state index in [0.29, 0.717) is 19.0 Å². The Balaban J connectivity index is 1.99. The van der Waals surface area contributed by atoms with Crippen LogP contribution in [0.3, 0.4) is 0 Å². The van der Waals surface area contributed by atoms with E-state index in [1.807, 2.05) is 40.7 Å². The lowest BCUT2D eigenvalue weighted by Crippen LogP contribution is -2.36. The van der Waals surface area contributed by atoms with Crippen molar-refractivity contribution in [1.82, 2.24) is 15.6 Å². The van der Waals surface area contributed by atoms with Crippen LogP contribution in [-0.4, -0.2) is 17.5 Å². The van der Waals surface area contributed by atoms with Crippen LogP contribution in [0.5, 0.6) is 0 Å². The van der Waals surface area contributed by atoms with Gasteiger partial charge in [-0.15, -0.1) is 0 Å². The SMILES string of the molecule is CCNC(=NCc1cc(C)oc1C)NCc1nc(C)c(C)o1. The summed E-state index contributed by atoms with van der Waals surface area (Å²) in [6.07, 6.45) is 0. The van der Waals surface area contributed by atoms with Crippen molar-refractivity contribution in [2.24, 2.45) is 4.99 Å². The number of nitrogens with one attached hydrogen (secondary N) is 2. The van der Waals surface area contributed by atoms with Crippen LogP contribution in [0.2, 0.25) is 0 Å².